The van der Waals surface area contributed by atoms with Gasteiger partial charge in [-0.05, 0) is 0 Å². The fourth-order valence-corrected chi connectivity index (χ4v) is 2.10. The standard InChI is InChI=1S/C13H16F2N2O3/c1-19-9-5-10(14)13(11(15)6-9)8-4-12(16-7-8)17-20-3-2-18/h5-6,8,18H,2-4,7H2,1H3,(H,16,17). The van der Waals surface area contributed by atoms with Crippen LogP contribution in [0.25, 0.3) is 0 Å². The number of nitrogens with one attached hydrogen (secondary N) is 1. The number of hydroxylamine groups is 1. The minimum atomic E-state index is -0.639. The fourth-order valence-electron chi connectivity index (χ4n) is 2.10. The summed E-state index contributed by atoms with van der Waals surface area (Å²) in [6.07, 6.45) is 0.353. The molecule has 110 valence electrons. The molecule has 5 nitrogen and oxygen atoms in total. The number of amidine groups is 1. The van der Waals surface area contributed by atoms with Gasteiger partial charge in [-0.3, -0.25) is 15.3 Å². The number of methoxy groups -OCH3 is 1. The molecular weight excluding hydrogens is 270 g/mol. The van der Waals surface area contributed by atoms with Gasteiger partial charge < -0.3 is 9.84 Å². The Labute approximate surface area is 115 Å². The van der Waals surface area contributed by atoms with E-state index in [4.69, 9.17) is 14.7 Å². The maximum Gasteiger partial charge on any atom is 0.133 e. The van der Waals surface area contributed by atoms with Crippen LogP contribution in [0.1, 0.15) is 17.9 Å². The molecule has 0 spiro atoms. The average Bonchev–Trinajstić information content (AvgIpc) is 2.86. The first kappa shape index (κ1) is 14.7. The Morgan fingerprint density at radius 2 is 2.10 bits per heavy atom. The number of rotatable bonds is 5. The van der Waals surface area contributed by atoms with Crippen LogP contribution in [-0.2, 0) is 4.84 Å². The number of hydrogen-bond acceptors (Lipinski definition) is 5. The first-order valence-electron chi connectivity index (χ1n) is 6.20. The number of aliphatic imine (C=N–C) groups is 1. The highest BCUT2D eigenvalue weighted by Gasteiger charge is 2.27. The number of ether oxygens (including phenoxy) is 1. The summed E-state index contributed by atoms with van der Waals surface area (Å²) in [4.78, 5) is 9.03. The molecule has 1 aliphatic heterocycles. The SMILES string of the molecule is COc1cc(F)c(C2CN=C(NOCCO)C2)c(F)c1. The molecule has 0 saturated heterocycles. The first-order chi connectivity index (χ1) is 9.65. The molecule has 0 radical (unpaired) electrons. The van der Waals surface area contributed by atoms with Gasteiger partial charge in [0.2, 0.25) is 0 Å². The van der Waals surface area contributed by atoms with E-state index in [0.29, 0.717) is 12.3 Å². The Bertz CT molecular complexity index is 485. The summed E-state index contributed by atoms with van der Waals surface area (Å²) >= 11 is 0. The molecule has 0 aromatic heterocycles. The van der Waals surface area contributed by atoms with Crippen molar-refractivity contribution in [1.29, 1.82) is 0 Å². The summed E-state index contributed by atoms with van der Waals surface area (Å²) in [7, 11) is 1.35. The molecule has 0 bridgehead atoms. The fraction of sp³-hybridized carbons (Fsp3) is 0.462. The number of nitrogens with zero attached hydrogens (tertiary/aromatic N) is 1. The molecule has 1 heterocycles. The summed E-state index contributed by atoms with van der Waals surface area (Å²) in [6, 6.07) is 2.32. The van der Waals surface area contributed by atoms with E-state index in [1.165, 1.54) is 7.11 Å². The topological polar surface area (TPSA) is 63.1 Å². The molecule has 2 N–H and O–H groups in total. The van der Waals surface area contributed by atoms with Crippen LogP contribution in [0.5, 0.6) is 5.75 Å². The summed E-state index contributed by atoms with van der Waals surface area (Å²) < 4.78 is 32.7. The second-order valence-corrected chi connectivity index (χ2v) is 4.37. The maximum atomic E-state index is 13.9. The number of benzene rings is 1. The van der Waals surface area contributed by atoms with E-state index in [1.54, 1.807) is 0 Å². The Hall–Kier alpha value is -1.73. The molecular formula is C13H16F2N2O3. The summed E-state index contributed by atoms with van der Waals surface area (Å²) in [5.41, 5.74) is 2.57. The quantitative estimate of drug-likeness (QED) is 0.634. The number of aliphatic hydroxyl groups excluding tert-OH is 1. The molecule has 1 aliphatic rings. The van der Waals surface area contributed by atoms with E-state index in [-0.39, 0.29) is 37.0 Å². The molecule has 1 aromatic rings. The summed E-state index contributed by atoms with van der Waals surface area (Å²) in [5.74, 6) is -0.995. The van der Waals surface area contributed by atoms with E-state index >= 15 is 0 Å². The first-order valence-corrected chi connectivity index (χ1v) is 6.20. The van der Waals surface area contributed by atoms with Gasteiger partial charge in [0.05, 0.1) is 20.3 Å². The van der Waals surface area contributed by atoms with Crippen LogP contribution in [0.3, 0.4) is 0 Å². The maximum absolute atomic E-state index is 13.9. The van der Waals surface area contributed by atoms with Gasteiger partial charge in [-0.1, -0.05) is 0 Å². The van der Waals surface area contributed by atoms with Crippen molar-refractivity contribution in [3.05, 3.63) is 29.3 Å². The van der Waals surface area contributed by atoms with Crippen molar-refractivity contribution in [3.63, 3.8) is 0 Å². The molecule has 2 rings (SSSR count). The van der Waals surface area contributed by atoms with Crippen molar-refractivity contribution in [2.75, 3.05) is 26.9 Å². The lowest BCUT2D eigenvalue weighted by atomic mass is 9.96. The van der Waals surface area contributed by atoms with Crippen molar-refractivity contribution in [2.24, 2.45) is 4.99 Å². The lowest BCUT2D eigenvalue weighted by molar-refractivity contribution is 0.0525. The smallest absolute Gasteiger partial charge is 0.133 e. The van der Waals surface area contributed by atoms with Gasteiger partial charge in [0, 0.05) is 36.6 Å². The number of hydrogen-bond donors (Lipinski definition) is 2. The zero-order valence-electron chi connectivity index (χ0n) is 11.0. The largest absolute Gasteiger partial charge is 0.497 e. The van der Waals surface area contributed by atoms with Crippen LogP contribution in [0.4, 0.5) is 8.78 Å². The third kappa shape index (κ3) is 3.23. The minimum absolute atomic E-state index is 0.00788. The third-order valence-corrected chi connectivity index (χ3v) is 3.02. The molecule has 0 saturated carbocycles. The highest BCUT2D eigenvalue weighted by molar-refractivity contribution is 5.83. The van der Waals surface area contributed by atoms with Crippen LogP contribution >= 0.6 is 0 Å². The predicted octanol–water partition coefficient (Wildman–Crippen LogP) is 1.37. The zero-order chi connectivity index (χ0) is 14.5. The van der Waals surface area contributed by atoms with Gasteiger partial charge in [-0.25, -0.2) is 8.78 Å². The second kappa shape index (κ2) is 6.62. The van der Waals surface area contributed by atoms with Crippen molar-refractivity contribution in [3.8, 4) is 5.75 Å². The average molecular weight is 286 g/mol. The number of halogens is 2. The van der Waals surface area contributed by atoms with E-state index < -0.39 is 11.6 Å². The van der Waals surface area contributed by atoms with Crippen molar-refractivity contribution in [2.45, 2.75) is 12.3 Å². The Kier molecular flexibility index (Phi) is 4.86. The Balaban J connectivity index is 2.04. The molecule has 20 heavy (non-hydrogen) atoms. The summed E-state index contributed by atoms with van der Waals surface area (Å²) in [5, 5.41) is 8.58. The van der Waals surface area contributed by atoms with Crippen LogP contribution in [-0.4, -0.2) is 37.8 Å². The Morgan fingerprint density at radius 1 is 1.40 bits per heavy atom. The van der Waals surface area contributed by atoms with E-state index in [1.807, 2.05) is 0 Å². The molecule has 0 aliphatic carbocycles. The molecule has 1 aromatic carbocycles. The van der Waals surface area contributed by atoms with Crippen LogP contribution < -0.4 is 10.2 Å². The predicted molar refractivity (Wildman–Crippen MR) is 68.7 cm³/mol. The molecule has 1 unspecified atom stereocenters. The molecule has 1 atom stereocenters. The summed E-state index contributed by atoms with van der Waals surface area (Å²) in [6.45, 7) is 0.283. The van der Waals surface area contributed by atoms with Crippen molar-refractivity contribution in [1.82, 2.24) is 5.48 Å². The number of aliphatic hydroxyl groups is 1. The van der Waals surface area contributed by atoms with Crippen molar-refractivity contribution < 1.29 is 23.5 Å². The van der Waals surface area contributed by atoms with Gasteiger partial charge in [0.25, 0.3) is 0 Å². The second-order valence-electron chi connectivity index (χ2n) is 4.37. The molecule has 7 heteroatoms. The lowest BCUT2D eigenvalue weighted by Gasteiger charge is -2.13. The third-order valence-electron chi connectivity index (χ3n) is 3.02. The highest BCUT2D eigenvalue weighted by atomic mass is 19.1. The van der Waals surface area contributed by atoms with Crippen LogP contribution in [0.2, 0.25) is 0 Å². The van der Waals surface area contributed by atoms with Gasteiger partial charge >= 0.3 is 0 Å². The lowest BCUT2D eigenvalue weighted by Crippen LogP contribution is -2.24. The monoisotopic (exact) mass is 286 g/mol. The molecule has 0 fully saturated rings. The highest BCUT2D eigenvalue weighted by Crippen LogP contribution is 2.31. The van der Waals surface area contributed by atoms with E-state index in [2.05, 4.69) is 10.5 Å². The normalized spacial score (nSPS) is 18.0. The van der Waals surface area contributed by atoms with Crippen LogP contribution in [0.15, 0.2) is 17.1 Å². The van der Waals surface area contributed by atoms with Gasteiger partial charge in [0.1, 0.15) is 23.2 Å². The van der Waals surface area contributed by atoms with E-state index in [9.17, 15) is 8.78 Å². The molecule has 0 amide bonds. The van der Waals surface area contributed by atoms with Gasteiger partial charge in [-0.2, -0.15) is 0 Å². The Morgan fingerprint density at radius 3 is 2.70 bits per heavy atom. The van der Waals surface area contributed by atoms with Crippen molar-refractivity contribution >= 4 is 5.84 Å². The van der Waals surface area contributed by atoms with E-state index in [0.717, 1.165) is 12.1 Å². The van der Waals surface area contributed by atoms with Gasteiger partial charge in [0.15, 0.2) is 0 Å². The van der Waals surface area contributed by atoms with Crippen LogP contribution in [0, 0.1) is 11.6 Å². The zero-order valence-corrected chi connectivity index (χ0v) is 11.0. The minimum Gasteiger partial charge on any atom is -0.497 e. The van der Waals surface area contributed by atoms with Gasteiger partial charge in [-0.15, -0.1) is 0 Å².